The molecule has 13 aromatic rings. The second-order valence-corrected chi connectivity index (χ2v) is 17.2. The summed E-state index contributed by atoms with van der Waals surface area (Å²) in [5.41, 5.74) is 16.4. The minimum Gasteiger partial charge on any atom is -0.307 e. The fourth-order valence-corrected chi connectivity index (χ4v) is 10.1. The fraction of sp³-hybridized carbons (Fsp3) is 0. The van der Waals surface area contributed by atoms with E-state index in [1.807, 2.05) is 18.2 Å². The Labute approximate surface area is 393 Å². The van der Waals surface area contributed by atoms with Crippen molar-refractivity contribution in [2.45, 2.75) is 0 Å². The van der Waals surface area contributed by atoms with Crippen molar-refractivity contribution < 1.29 is 0 Å². The monoisotopic (exact) mass is 867 g/mol. The second-order valence-electron chi connectivity index (χ2n) is 17.2. The molecule has 318 valence electrons. The first-order chi connectivity index (χ1) is 33.7. The zero-order valence-corrected chi connectivity index (χ0v) is 36.9. The number of nitrogens with zero attached hydrogens (tertiary/aromatic N) is 5. The summed E-state index contributed by atoms with van der Waals surface area (Å²) in [6.45, 7) is 0. The fourth-order valence-electron chi connectivity index (χ4n) is 10.1. The van der Waals surface area contributed by atoms with Gasteiger partial charge < -0.3 is 4.57 Å². The molecule has 13 rings (SSSR count). The summed E-state index contributed by atoms with van der Waals surface area (Å²) in [5, 5.41) is 4.54. The van der Waals surface area contributed by atoms with Crippen LogP contribution in [0.4, 0.5) is 0 Å². The van der Waals surface area contributed by atoms with Crippen LogP contribution in [0.2, 0.25) is 0 Å². The van der Waals surface area contributed by atoms with Crippen LogP contribution in [0.3, 0.4) is 0 Å². The maximum Gasteiger partial charge on any atom is 0.238 e. The molecular formula is C63H41N5. The molecule has 68 heavy (non-hydrogen) atoms. The van der Waals surface area contributed by atoms with E-state index in [4.69, 9.17) is 15.0 Å². The third-order valence-electron chi connectivity index (χ3n) is 13.2. The smallest absolute Gasteiger partial charge is 0.238 e. The van der Waals surface area contributed by atoms with E-state index in [0.29, 0.717) is 17.6 Å². The van der Waals surface area contributed by atoms with Crippen LogP contribution in [0, 0.1) is 0 Å². The minimum atomic E-state index is 0.546. The Morgan fingerprint density at radius 3 is 1.22 bits per heavy atom. The topological polar surface area (TPSA) is 48.5 Å². The van der Waals surface area contributed by atoms with Crippen molar-refractivity contribution >= 4 is 43.6 Å². The van der Waals surface area contributed by atoms with E-state index < -0.39 is 0 Å². The summed E-state index contributed by atoms with van der Waals surface area (Å²) in [7, 11) is 0. The maximum absolute atomic E-state index is 5.45. The van der Waals surface area contributed by atoms with Gasteiger partial charge in [-0.3, -0.25) is 4.57 Å². The van der Waals surface area contributed by atoms with Crippen molar-refractivity contribution in [2.24, 2.45) is 0 Å². The largest absolute Gasteiger partial charge is 0.307 e. The van der Waals surface area contributed by atoms with Crippen molar-refractivity contribution in [3.8, 4) is 78.9 Å². The molecule has 0 radical (unpaired) electrons. The van der Waals surface area contributed by atoms with Crippen LogP contribution in [0.5, 0.6) is 0 Å². The number of rotatable bonds is 8. The Balaban J connectivity index is 1.09. The number of benzene rings is 10. The summed E-state index contributed by atoms with van der Waals surface area (Å²) in [6.07, 6.45) is 0. The molecule has 0 spiro atoms. The van der Waals surface area contributed by atoms with Gasteiger partial charge in [0.15, 0.2) is 11.6 Å². The summed E-state index contributed by atoms with van der Waals surface area (Å²) in [6, 6.07) is 88.2. The third kappa shape index (κ3) is 6.59. The molecule has 0 aliphatic heterocycles. The van der Waals surface area contributed by atoms with E-state index in [1.54, 1.807) is 0 Å². The van der Waals surface area contributed by atoms with Gasteiger partial charge in [-0.1, -0.05) is 231 Å². The second kappa shape index (κ2) is 16.4. The molecule has 0 bridgehead atoms. The van der Waals surface area contributed by atoms with Crippen LogP contribution in [-0.4, -0.2) is 24.1 Å². The number of hydrogen-bond donors (Lipinski definition) is 0. The number of hydrogen-bond acceptors (Lipinski definition) is 3. The van der Waals surface area contributed by atoms with E-state index in [9.17, 15) is 0 Å². The molecule has 0 aliphatic carbocycles. The number of fused-ring (bicyclic) bond motifs is 7. The summed E-state index contributed by atoms with van der Waals surface area (Å²) < 4.78 is 4.75. The summed E-state index contributed by atoms with van der Waals surface area (Å²) in [5.74, 6) is 1.74. The Bertz CT molecular complexity index is 3990. The highest BCUT2D eigenvalue weighted by molar-refractivity contribution is 6.24. The first kappa shape index (κ1) is 39.2. The molecule has 10 aromatic carbocycles. The maximum atomic E-state index is 5.45. The molecule has 0 unspecified atom stereocenters. The zero-order valence-electron chi connectivity index (χ0n) is 36.9. The standard InChI is InChI=1S/C63H41N5/c1-5-19-42(20-6-1)48-37-38-51(44-23-9-3-10-24-44)58(41-48)67-56-31-17-15-29-52(56)54-39-40-55-53-30-16-18-32-57(53)68(60(55)59(54)67)63-65-61(46-25-11-4-12-26-46)64-62(66-63)47-35-33-45(34-36-47)50-28-14-13-27-49(50)43-21-7-2-8-22-43/h1-41H. The first-order valence-corrected chi connectivity index (χ1v) is 23.0. The van der Waals surface area contributed by atoms with Crippen molar-refractivity contribution in [1.82, 2.24) is 24.1 Å². The minimum absolute atomic E-state index is 0.546. The summed E-state index contributed by atoms with van der Waals surface area (Å²) in [4.78, 5) is 16.1. The molecule has 0 N–H and O–H groups in total. The lowest BCUT2D eigenvalue weighted by Crippen LogP contribution is -2.07. The first-order valence-electron chi connectivity index (χ1n) is 23.0. The summed E-state index contributed by atoms with van der Waals surface area (Å²) >= 11 is 0. The van der Waals surface area contributed by atoms with Gasteiger partial charge in [-0.2, -0.15) is 9.97 Å². The van der Waals surface area contributed by atoms with Gasteiger partial charge in [0.25, 0.3) is 0 Å². The highest BCUT2D eigenvalue weighted by atomic mass is 15.2. The molecule has 3 heterocycles. The average Bonchev–Trinajstić information content (AvgIpc) is 3.95. The lowest BCUT2D eigenvalue weighted by atomic mass is 9.94. The van der Waals surface area contributed by atoms with Crippen LogP contribution in [0.1, 0.15) is 0 Å². The molecule has 3 aromatic heterocycles. The van der Waals surface area contributed by atoms with Gasteiger partial charge in [0.2, 0.25) is 5.95 Å². The van der Waals surface area contributed by atoms with Crippen LogP contribution in [-0.2, 0) is 0 Å². The Morgan fingerprint density at radius 1 is 0.250 bits per heavy atom. The highest BCUT2D eigenvalue weighted by Gasteiger charge is 2.25. The molecule has 0 fully saturated rings. The Hall–Kier alpha value is -9.19. The molecule has 5 heteroatoms. The van der Waals surface area contributed by atoms with E-state index in [1.165, 1.54) is 22.1 Å². The Morgan fingerprint density at radius 2 is 0.647 bits per heavy atom. The normalized spacial score (nSPS) is 11.5. The van der Waals surface area contributed by atoms with Gasteiger partial charge >= 0.3 is 0 Å². The van der Waals surface area contributed by atoms with Gasteiger partial charge in [-0.25, -0.2) is 4.98 Å². The van der Waals surface area contributed by atoms with Gasteiger partial charge in [-0.15, -0.1) is 0 Å². The predicted molar refractivity (Wildman–Crippen MR) is 281 cm³/mol. The molecule has 0 atom stereocenters. The molecule has 0 saturated heterocycles. The van der Waals surface area contributed by atoms with Gasteiger partial charge in [0.1, 0.15) is 0 Å². The van der Waals surface area contributed by atoms with E-state index in [2.05, 4.69) is 240 Å². The van der Waals surface area contributed by atoms with E-state index >= 15 is 0 Å². The highest BCUT2D eigenvalue weighted by Crippen LogP contribution is 2.44. The van der Waals surface area contributed by atoms with Crippen LogP contribution >= 0.6 is 0 Å². The van der Waals surface area contributed by atoms with Crippen LogP contribution < -0.4 is 0 Å². The number of para-hydroxylation sites is 2. The molecule has 0 aliphatic rings. The average molecular weight is 868 g/mol. The van der Waals surface area contributed by atoms with Crippen molar-refractivity contribution in [3.05, 3.63) is 249 Å². The van der Waals surface area contributed by atoms with Crippen LogP contribution in [0.15, 0.2) is 249 Å². The van der Waals surface area contributed by atoms with E-state index in [0.717, 1.165) is 82.9 Å². The molecule has 0 amide bonds. The van der Waals surface area contributed by atoms with Gasteiger partial charge in [-0.05, 0) is 57.1 Å². The van der Waals surface area contributed by atoms with Crippen molar-refractivity contribution in [3.63, 3.8) is 0 Å². The lowest BCUT2D eigenvalue weighted by Gasteiger charge is -2.17. The molecular weight excluding hydrogens is 827 g/mol. The number of aromatic nitrogens is 5. The quantitative estimate of drug-likeness (QED) is 0.153. The molecule has 0 saturated carbocycles. The SMILES string of the molecule is c1ccc(-c2ccc(-c3ccccc3)c(-n3c4ccccc4c4ccc5c6ccccc6n(-c6nc(-c7ccccc7)nc(-c7ccc(-c8ccccc8-c8ccccc8)cc7)n6)c5c43)c2)cc1. The van der Waals surface area contributed by atoms with Gasteiger partial charge in [0, 0.05) is 38.2 Å². The van der Waals surface area contributed by atoms with Crippen molar-refractivity contribution in [2.75, 3.05) is 0 Å². The van der Waals surface area contributed by atoms with E-state index in [-0.39, 0.29) is 0 Å². The lowest BCUT2D eigenvalue weighted by molar-refractivity contribution is 0.953. The predicted octanol–water partition coefficient (Wildman–Crippen LogP) is 16.1. The zero-order chi connectivity index (χ0) is 45.0. The van der Waals surface area contributed by atoms with Crippen molar-refractivity contribution in [1.29, 1.82) is 0 Å². The van der Waals surface area contributed by atoms with Gasteiger partial charge in [0.05, 0.1) is 27.8 Å². The Kier molecular flexibility index (Phi) is 9.43. The molecule has 5 nitrogen and oxygen atoms in total. The third-order valence-corrected chi connectivity index (χ3v) is 13.2. The van der Waals surface area contributed by atoms with Crippen LogP contribution in [0.25, 0.3) is 123 Å².